The number of nitrogens with one attached hydrogen (secondary N) is 1. The van der Waals surface area contributed by atoms with Gasteiger partial charge in [-0.25, -0.2) is 0 Å². The molecule has 0 saturated heterocycles. The van der Waals surface area contributed by atoms with Crippen molar-refractivity contribution in [3.63, 3.8) is 0 Å². The Bertz CT molecular complexity index is 935. The summed E-state index contributed by atoms with van der Waals surface area (Å²) in [6.07, 6.45) is 0.413. The molecular weight excluding hydrogens is 310 g/mol. The van der Waals surface area contributed by atoms with Gasteiger partial charge in [-0.3, -0.25) is 9.59 Å². The molecule has 122 valence electrons. The number of ketones is 1. The van der Waals surface area contributed by atoms with Crippen LogP contribution in [-0.4, -0.2) is 11.7 Å². The van der Waals surface area contributed by atoms with Crippen molar-refractivity contribution in [2.75, 3.05) is 0 Å². The van der Waals surface area contributed by atoms with Gasteiger partial charge in [0.25, 0.3) is 5.91 Å². The Hall–Kier alpha value is -3.20. The van der Waals surface area contributed by atoms with Crippen LogP contribution < -0.4 is 5.32 Å². The molecule has 25 heavy (non-hydrogen) atoms. The minimum Gasteiger partial charge on any atom is -0.335 e. The van der Waals surface area contributed by atoms with Crippen LogP contribution in [0, 0.1) is 0 Å². The molecule has 0 aromatic heterocycles. The van der Waals surface area contributed by atoms with Crippen molar-refractivity contribution < 1.29 is 9.59 Å². The fraction of sp³-hybridized carbons (Fsp3) is 0.0909. The highest BCUT2D eigenvalue weighted by molar-refractivity contribution is 6.17. The smallest absolute Gasteiger partial charge is 0.253 e. The topological polar surface area (TPSA) is 46.2 Å². The van der Waals surface area contributed by atoms with E-state index in [4.69, 9.17) is 0 Å². The maximum absolute atomic E-state index is 13.5. The van der Waals surface area contributed by atoms with Crippen LogP contribution in [0.1, 0.15) is 31.8 Å². The minimum atomic E-state index is -1.09. The van der Waals surface area contributed by atoms with Gasteiger partial charge in [0, 0.05) is 12.0 Å². The second kappa shape index (κ2) is 6.02. The predicted molar refractivity (Wildman–Crippen MR) is 96.5 cm³/mol. The maximum Gasteiger partial charge on any atom is 0.253 e. The summed E-state index contributed by atoms with van der Waals surface area (Å²) in [5, 5.41) is 3.01. The molecule has 3 aromatic carbocycles. The third-order valence-corrected chi connectivity index (χ3v) is 4.71. The summed E-state index contributed by atoms with van der Waals surface area (Å²) < 4.78 is 0. The largest absolute Gasteiger partial charge is 0.335 e. The SMILES string of the molecule is O=C1NC(Cc2ccccc2)(c2ccccc2)C(=O)c2ccccc21. The van der Waals surface area contributed by atoms with Gasteiger partial charge in [-0.1, -0.05) is 78.9 Å². The fourth-order valence-electron chi connectivity index (χ4n) is 3.48. The van der Waals surface area contributed by atoms with Crippen LogP contribution in [-0.2, 0) is 12.0 Å². The standard InChI is InChI=1S/C22H17NO2/c24-20-18-13-7-8-14-19(18)21(25)23-22(20,17-11-5-2-6-12-17)15-16-9-3-1-4-10-16/h1-14H,15H2,(H,23,25). The van der Waals surface area contributed by atoms with Crippen LogP contribution in [0.15, 0.2) is 84.9 Å². The van der Waals surface area contributed by atoms with Gasteiger partial charge in [-0.15, -0.1) is 0 Å². The third-order valence-electron chi connectivity index (χ3n) is 4.71. The summed E-state index contributed by atoms with van der Waals surface area (Å²) in [7, 11) is 0. The molecule has 0 bridgehead atoms. The quantitative estimate of drug-likeness (QED) is 0.796. The summed E-state index contributed by atoms with van der Waals surface area (Å²) in [5.74, 6) is -0.285. The molecule has 1 N–H and O–H groups in total. The molecule has 0 spiro atoms. The van der Waals surface area contributed by atoms with E-state index in [0.717, 1.165) is 11.1 Å². The summed E-state index contributed by atoms with van der Waals surface area (Å²) in [6.45, 7) is 0. The van der Waals surface area contributed by atoms with E-state index in [9.17, 15) is 9.59 Å². The number of carbonyl (C=O) groups is 2. The van der Waals surface area contributed by atoms with E-state index in [2.05, 4.69) is 5.32 Å². The summed E-state index contributed by atoms with van der Waals surface area (Å²) in [4.78, 5) is 26.2. The molecule has 0 saturated carbocycles. The van der Waals surface area contributed by atoms with E-state index >= 15 is 0 Å². The molecule has 1 unspecified atom stereocenters. The van der Waals surface area contributed by atoms with Gasteiger partial charge in [0.05, 0.1) is 5.56 Å². The van der Waals surface area contributed by atoms with E-state index in [1.54, 1.807) is 24.3 Å². The number of carbonyl (C=O) groups excluding carboxylic acids is 2. The Balaban J connectivity index is 1.90. The first-order chi connectivity index (χ1) is 12.2. The van der Waals surface area contributed by atoms with Gasteiger partial charge in [-0.2, -0.15) is 0 Å². The lowest BCUT2D eigenvalue weighted by Gasteiger charge is -2.38. The number of benzene rings is 3. The highest BCUT2D eigenvalue weighted by atomic mass is 16.2. The molecule has 3 heteroatoms. The Labute approximate surface area is 146 Å². The fourth-order valence-corrected chi connectivity index (χ4v) is 3.48. The van der Waals surface area contributed by atoms with Gasteiger partial charge in [0.15, 0.2) is 5.78 Å². The number of hydrogen-bond donors (Lipinski definition) is 1. The Kier molecular flexibility index (Phi) is 3.69. The van der Waals surface area contributed by atoms with Gasteiger partial charge < -0.3 is 5.32 Å². The minimum absolute atomic E-state index is 0.0715. The lowest BCUT2D eigenvalue weighted by Crippen LogP contribution is -2.57. The van der Waals surface area contributed by atoms with Crippen LogP contribution >= 0.6 is 0 Å². The van der Waals surface area contributed by atoms with Crippen LogP contribution in [0.25, 0.3) is 0 Å². The van der Waals surface area contributed by atoms with Crippen molar-refractivity contribution >= 4 is 11.7 Å². The number of amides is 1. The molecule has 1 aliphatic heterocycles. The van der Waals surface area contributed by atoms with Crippen LogP contribution in [0.2, 0.25) is 0 Å². The van der Waals surface area contributed by atoms with Crippen LogP contribution in [0.4, 0.5) is 0 Å². The average Bonchev–Trinajstić information content (AvgIpc) is 2.67. The van der Waals surface area contributed by atoms with Crippen molar-refractivity contribution in [1.82, 2.24) is 5.32 Å². The van der Waals surface area contributed by atoms with Gasteiger partial charge in [0.2, 0.25) is 0 Å². The van der Waals surface area contributed by atoms with Crippen molar-refractivity contribution in [1.29, 1.82) is 0 Å². The molecule has 0 radical (unpaired) electrons. The van der Waals surface area contributed by atoms with Crippen molar-refractivity contribution in [3.05, 3.63) is 107 Å². The molecule has 0 fully saturated rings. The highest BCUT2D eigenvalue weighted by Gasteiger charge is 2.46. The first-order valence-electron chi connectivity index (χ1n) is 8.26. The number of fused-ring (bicyclic) bond motifs is 1. The Morgan fingerprint density at radius 2 is 1.24 bits per heavy atom. The molecule has 0 aliphatic carbocycles. The molecule has 1 heterocycles. The van der Waals surface area contributed by atoms with E-state index in [1.807, 2.05) is 60.7 Å². The van der Waals surface area contributed by atoms with Crippen LogP contribution in [0.3, 0.4) is 0 Å². The van der Waals surface area contributed by atoms with Crippen LogP contribution in [0.5, 0.6) is 0 Å². The highest BCUT2D eigenvalue weighted by Crippen LogP contribution is 2.34. The zero-order valence-corrected chi connectivity index (χ0v) is 13.6. The van der Waals surface area contributed by atoms with E-state index < -0.39 is 5.54 Å². The number of rotatable bonds is 3. The lowest BCUT2D eigenvalue weighted by atomic mass is 9.74. The van der Waals surface area contributed by atoms with E-state index in [1.165, 1.54) is 0 Å². The predicted octanol–water partition coefficient (Wildman–Crippen LogP) is 3.75. The van der Waals surface area contributed by atoms with E-state index in [-0.39, 0.29) is 11.7 Å². The molecule has 3 nitrogen and oxygen atoms in total. The molecular formula is C22H17NO2. The van der Waals surface area contributed by atoms with E-state index in [0.29, 0.717) is 17.5 Å². The van der Waals surface area contributed by atoms with Gasteiger partial charge >= 0.3 is 0 Å². The molecule has 1 amide bonds. The maximum atomic E-state index is 13.5. The monoisotopic (exact) mass is 327 g/mol. The van der Waals surface area contributed by atoms with Crippen molar-refractivity contribution in [3.8, 4) is 0 Å². The van der Waals surface area contributed by atoms with Crippen molar-refractivity contribution in [2.24, 2.45) is 0 Å². The Morgan fingerprint density at radius 1 is 0.680 bits per heavy atom. The zero-order chi connectivity index (χ0) is 17.3. The third kappa shape index (κ3) is 2.54. The lowest BCUT2D eigenvalue weighted by molar-refractivity contribution is 0.0729. The second-order valence-electron chi connectivity index (χ2n) is 6.26. The summed E-state index contributed by atoms with van der Waals surface area (Å²) in [5.41, 5.74) is 1.62. The molecule has 4 rings (SSSR count). The molecule has 1 aliphatic rings. The van der Waals surface area contributed by atoms with Gasteiger partial charge in [-0.05, 0) is 17.2 Å². The average molecular weight is 327 g/mol. The zero-order valence-electron chi connectivity index (χ0n) is 13.6. The summed E-state index contributed by atoms with van der Waals surface area (Å²) >= 11 is 0. The normalized spacial score (nSPS) is 19.2. The first kappa shape index (κ1) is 15.3. The van der Waals surface area contributed by atoms with Crippen molar-refractivity contribution in [2.45, 2.75) is 12.0 Å². The molecule has 3 aromatic rings. The number of Topliss-reactive ketones (excluding diaryl/α,β-unsaturated/α-hetero) is 1. The number of hydrogen-bond acceptors (Lipinski definition) is 2. The molecule has 1 atom stereocenters. The summed E-state index contributed by atoms with van der Waals surface area (Å²) in [6, 6.07) is 26.3. The second-order valence-corrected chi connectivity index (χ2v) is 6.26. The first-order valence-corrected chi connectivity index (χ1v) is 8.26. The van der Waals surface area contributed by atoms with Gasteiger partial charge in [0.1, 0.15) is 5.54 Å². The Morgan fingerprint density at radius 3 is 1.92 bits per heavy atom.